The van der Waals surface area contributed by atoms with E-state index in [0.717, 1.165) is 5.56 Å². The first-order chi connectivity index (χ1) is 9.47. The molecule has 1 heterocycles. The summed E-state index contributed by atoms with van der Waals surface area (Å²) in [5, 5.41) is 9.26. The number of aliphatic carboxylic acids is 1. The molecule has 2 rings (SSSR count). The largest absolute Gasteiger partial charge is 0.481 e. The SMILES string of the molecule is Nc1nc(Cc2ccccc2Cl)[nH]c(=O)c1CC(=O)O. The summed E-state index contributed by atoms with van der Waals surface area (Å²) in [6.45, 7) is 0. The van der Waals surface area contributed by atoms with Crippen LogP contribution in [-0.2, 0) is 17.6 Å². The highest BCUT2D eigenvalue weighted by molar-refractivity contribution is 6.31. The third kappa shape index (κ3) is 3.16. The Hall–Kier alpha value is -2.34. The third-order valence-corrected chi connectivity index (χ3v) is 3.11. The van der Waals surface area contributed by atoms with Gasteiger partial charge in [0.1, 0.15) is 11.6 Å². The van der Waals surface area contributed by atoms with E-state index in [1.165, 1.54) is 0 Å². The maximum atomic E-state index is 11.8. The van der Waals surface area contributed by atoms with Crippen LogP contribution in [0.3, 0.4) is 0 Å². The summed E-state index contributed by atoms with van der Waals surface area (Å²) in [5.74, 6) is -0.865. The van der Waals surface area contributed by atoms with Crippen molar-refractivity contribution in [3.05, 3.63) is 56.6 Å². The number of benzene rings is 1. The smallest absolute Gasteiger partial charge is 0.308 e. The van der Waals surface area contributed by atoms with Crippen LogP contribution in [0.25, 0.3) is 0 Å². The van der Waals surface area contributed by atoms with Crippen molar-refractivity contribution in [1.29, 1.82) is 0 Å². The number of hydrogen-bond acceptors (Lipinski definition) is 4. The number of hydrogen-bond donors (Lipinski definition) is 3. The van der Waals surface area contributed by atoms with Crippen LogP contribution in [0.2, 0.25) is 5.02 Å². The number of nitrogens with zero attached hydrogens (tertiary/aromatic N) is 1. The summed E-state index contributed by atoms with van der Waals surface area (Å²) in [6, 6.07) is 7.16. The molecule has 0 aliphatic carbocycles. The average Bonchev–Trinajstić information content (AvgIpc) is 2.36. The van der Waals surface area contributed by atoms with Gasteiger partial charge < -0.3 is 15.8 Å². The Morgan fingerprint density at radius 3 is 2.70 bits per heavy atom. The zero-order chi connectivity index (χ0) is 14.7. The number of carbonyl (C=O) groups is 1. The number of anilines is 1. The van der Waals surface area contributed by atoms with E-state index in [0.29, 0.717) is 17.3 Å². The van der Waals surface area contributed by atoms with Gasteiger partial charge in [-0.25, -0.2) is 4.98 Å². The zero-order valence-corrected chi connectivity index (χ0v) is 11.1. The van der Waals surface area contributed by atoms with Gasteiger partial charge in [0, 0.05) is 11.4 Å². The first-order valence-corrected chi connectivity index (χ1v) is 6.18. The lowest BCUT2D eigenvalue weighted by atomic mass is 10.1. The first kappa shape index (κ1) is 14.1. The molecule has 0 saturated heterocycles. The van der Waals surface area contributed by atoms with Crippen LogP contribution in [0.5, 0.6) is 0 Å². The third-order valence-electron chi connectivity index (χ3n) is 2.74. The molecule has 0 aliphatic rings. The van der Waals surface area contributed by atoms with Crippen molar-refractivity contribution < 1.29 is 9.90 Å². The molecule has 0 spiro atoms. The summed E-state index contributed by atoms with van der Waals surface area (Å²) >= 11 is 6.03. The van der Waals surface area contributed by atoms with Crippen LogP contribution in [0.15, 0.2) is 29.1 Å². The quantitative estimate of drug-likeness (QED) is 0.785. The maximum absolute atomic E-state index is 11.8. The van der Waals surface area contributed by atoms with E-state index in [-0.39, 0.29) is 11.4 Å². The van der Waals surface area contributed by atoms with Crippen LogP contribution >= 0.6 is 11.6 Å². The predicted octanol–water partition coefficient (Wildman–Crippen LogP) is 1.22. The molecule has 4 N–H and O–H groups in total. The molecule has 0 radical (unpaired) electrons. The lowest BCUT2D eigenvalue weighted by molar-refractivity contribution is -0.136. The monoisotopic (exact) mass is 293 g/mol. The van der Waals surface area contributed by atoms with Crippen LogP contribution < -0.4 is 11.3 Å². The Morgan fingerprint density at radius 1 is 1.40 bits per heavy atom. The molecule has 0 aliphatic heterocycles. The van der Waals surface area contributed by atoms with Gasteiger partial charge in [0.25, 0.3) is 5.56 Å². The van der Waals surface area contributed by atoms with Crippen molar-refractivity contribution in [3.63, 3.8) is 0 Å². The maximum Gasteiger partial charge on any atom is 0.308 e. The van der Waals surface area contributed by atoms with Gasteiger partial charge in [-0.3, -0.25) is 9.59 Å². The van der Waals surface area contributed by atoms with E-state index >= 15 is 0 Å². The molecule has 0 amide bonds. The summed E-state index contributed by atoms with van der Waals surface area (Å²) in [6.07, 6.45) is -0.146. The van der Waals surface area contributed by atoms with E-state index < -0.39 is 17.9 Å². The molecule has 7 heteroatoms. The van der Waals surface area contributed by atoms with Crippen molar-refractivity contribution in [2.24, 2.45) is 0 Å². The lowest BCUT2D eigenvalue weighted by Gasteiger charge is -2.06. The van der Waals surface area contributed by atoms with E-state index in [9.17, 15) is 9.59 Å². The Morgan fingerprint density at radius 2 is 2.10 bits per heavy atom. The summed E-state index contributed by atoms with van der Waals surface area (Å²) in [5.41, 5.74) is 5.85. The molecule has 0 unspecified atom stereocenters. The fourth-order valence-corrected chi connectivity index (χ4v) is 1.99. The number of aromatic amines is 1. The number of aromatic nitrogens is 2. The van der Waals surface area contributed by atoms with E-state index in [1.807, 2.05) is 12.1 Å². The number of carboxylic acids is 1. The van der Waals surface area contributed by atoms with Gasteiger partial charge in [0.15, 0.2) is 0 Å². The zero-order valence-electron chi connectivity index (χ0n) is 10.4. The summed E-state index contributed by atoms with van der Waals surface area (Å²) in [7, 11) is 0. The molecule has 0 fully saturated rings. The molecular formula is C13H12ClN3O3. The van der Waals surface area contributed by atoms with Gasteiger partial charge in [0.05, 0.1) is 12.0 Å². The molecule has 6 nitrogen and oxygen atoms in total. The molecule has 1 aromatic heterocycles. The minimum absolute atomic E-state index is 0.0413. The van der Waals surface area contributed by atoms with Crippen LogP contribution in [0.1, 0.15) is 17.0 Å². The molecule has 104 valence electrons. The Labute approximate surface area is 119 Å². The Balaban J connectivity index is 2.34. The number of H-pyrrole nitrogens is 1. The lowest BCUT2D eigenvalue weighted by Crippen LogP contribution is -2.22. The highest BCUT2D eigenvalue weighted by Gasteiger charge is 2.13. The van der Waals surface area contributed by atoms with Crippen molar-refractivity contribution in [1.82, 2.24) is 9.97 Å². The fraction of sp³-hybridized carbons (Fsp3) is 0.154. The van der Waals surface area contributed by atoms with E-state index in [4.69, 9.17) is 22.4 Å². The molecule has 2 aromatic rings. The minimum atomic E-state index is -1.14. The van der Waals surface area contributed by atoms with Crippen LogP contribution in [-0.4, -0.2) is 21.0 Å². The van der Waals surface area contributed by atoms with E-state index in [1.54, 1.807) is 12.1 Å². The van der Waals surface area contributed by atoms with Crippen molar-refractivity contribution in [2.45, 2.75) is 12.8 Å². The van der Waals surface area contributed by atoms with Crippen LogP contribution in [0.4, 0.5) is 5.82 Å². The van der Waals surface area contributed by atoms with Gasteiger partial charge in [-0.2, -0.15) is 0 Å². The average molecular weight is 294 g/mol. The van der Waals surface area contributed by atoms with Gasteiger partial charge in [-0.15, -0.1) is 0 Å². The minimum Gasteiger partial charge on any atom is -0.481 e. The standard InChI is InChI=1S/C13H12ClN3O3/c14-9-4-2-1-3-7(9)5-10-16-12(15)8(6-11(18)19)13(20)17-10/h1-4H,5-6H2,(H,18,19)(H3,15,16,17,20). The predicted molar refractivity (Wildman–Crippen MR) is 74.9 cm³/mol. The first-order valence-electron chi connectivity index (χ1n) is 5.80. The van der Waals surface area contributed by atoms with Gasteiger partial charge in [-0.05, 0) is 11.6 Å². The van der Waals surface area contributed by atoms with Crippen molar-refractivity contribution >= 4 is 23.4 Å². The molecular weight excluding hydrogens is 282 g/mol. The van der Waals surface area contributed by atoms with Gasteiger partial charge in [-0.1, -0.05) is 29.8 Å². The van der Waals surface area contributed by atoms with E-state index in [2.05, 4.69) is 9.97 Å². The highest BCUT2D eigenvalue weighted by atomic mass is 35.5. The van der Waals surface area contributed by atoms with Crippen molar-refractivity contribution in [2.75, 3.05) is 5.73 Å². The normalized spacial score (nSPS) is 10.4. The summed E-state index contributed by atoms with van der Waals surface area (Å²) in [4.78, 5) is 29.0. The number of nitrogen functional groups attached to an aromatic ring is 1. The molecule has 20 heavy (non-hydrogen) atoms. The Kier molecular flexibility index (Phi) is 4.05. The molecule has 0 bridgehead atoms. The summed E-state index contributed by atoms with van der Waals surface area (Å²) < 4.78 is 0. The molecule has 1 aromatic carbocycles. The second-order valence-corrected chi connectivity index (χ2v) is 4.62. The Bertz CT molecular complexity index is 712. The number of nitrogens with one attached hydrogen (secondary N) is 1. The number of nitrogens with two attached hydrogens (primary N) is 1. The van der Waals surface area contributed by atoms with Crippen molar-refractivity contribution in [3.8, 4) is 0 Å². The number of halogens is 1. The second-order valence-electron chi connectivity index (χ2n) is 4.22. The molecule has 0 saturated carbocycles. The number of rotatable bonds is 4. The van der Waals surface area contributed by atoms with Gasteiger partial charge >= 0.3 is 5.97 Å². The topological polar surface area (TPSA) is 109 Å². The fourth-order valence-electron chi connectivity index (χ4n) is 1.79. The second kappa shape index (κ2) is 5.75. The molecule has 0 atom stereocenters. The number of carboxylic acid groups (broad SMARTS) is 1. The van der Waals surface area contributed by atoms with Gasteiger partial charge in [0.2, 0.25) is 0 Å². The highest BCUT2D eigenvalue weighted by Crippen LogP contribution is 2.17. The van der Waals surface area contributed by atoms with Crippen LogP contribution in [0, 0.1) is 0 Å².